The highest BCUT2D eigenvalue weighted by Gasteiger charge is 2.50. The van der Waals surface area contributed by atoms with Gasteiger partial charge < -0.3 is 20.4 Å². The van der Waals surface area contributed by atoms with Crippen molar-refractivity contribution in [3.05, 3.63) is 53.7 Å². The van der Waals surface area contributed by atoms with Gasteiger partial charge in [-0.15, -0.1) is 0 Å². The molecule has 1 aliphatic carbocycles. The van der Waals surface area contributed by atoms with Crippen LogP contribution in [0.5, 0.6) is 0 Å². The Kier molecular flexibility index (Phi) is 7.16. The normalized spacial score (nSPS) is 21.7. The Morgan fingerprint density at radius 1 is 1.12 bits per heavy atom. The number of aromatic nitrogens is 1. The smallest absolute Gasteiger partial charge is 0.238 e. The fourth-order valence-electron chi connectivity index (χ4n) is 5.57. The molecule has 1 saturated heterocycles. The number of nitrogens with two attached hydrogens (primary N) is 1. The summed E-state index contributed by atoms with van der Waals surface area (Å²) in [5.74, 6) is -0.981. The van der Waals surface area contributed by atoms with Gasteiger partial charge in [-0.1, -0.05) is 49.6 Å². The molecule has 2 amide bonds. The maximum absolute atomic E-state index is 14.0. The van der Waals surface area contributed by atoms with E-state index in [2.05, 4.69) is 10.3 Å². The van der Waals surface area contributed by atoms with E-state index in [-0.39, 0.29) is 29.3 Å². The summed E-state index contributed by atoms with van der Waals surface area (Å²) >= 11 is 0. The molecule has 3 atom stereocenters. The highest BCUT2D eigenvalue weighted by molar-refractivity contribution is 6.07. The average Bonchev–Trinajstić information content (AvgIpc) is 3.54. The van der Waals surface area contributed by atoms with E-state index >= 15 is 0 Å². The zero-order valence-corrected chi connectivity index (χ0v) is 20.0. The van der Waals surface area contributed by atoms with Gasteiger partial charge in [0.1, 0.15) is 23.5 Å². The van der Waals surface area contributed by atoms with Crippen LogP contribution in [0, 0.1) is 11.8 Å². The lowest BCUT2D eigenvalue weighted by Gasteiger charge is -2.42. The Morgan fingerprint density at radius 3 is 2.47 bits per heavy atom. The number of carbonyl (C=O) groups is 3. The van der Waals surface area contributed by atoms with Gasteiger partial charge in [0, 0.05) is 12.1 Å². The SMILES string of the molecule is CNC(C)(C(N)=O)[C@@H](C(=O)N1CCC[C@H]1c1nc(C(=O)c2ccccc2)co1)C1CCCCC1. The van der Waals surface area contributed by atoms with Crippen LogP contribution in [0.3, 0.4) is 0 Å². The summed E-state index contributed by atoms with van der Waals surface area (Å²) in [5.41, 5.74) is 5.42. The molecule has 8 nitrogen and oxygen atoms in total. The predicted molar refractivity (Wildman–Crippen MR) is 127 cm³/mol. The third kappa shape index (κ3) is 4.51. The largest absolute Gasteiger partial charge is 0.446 e. The molecule has 3 N–H and O–H groups in total. The van der Waals surface area contributed by atoms with Gasteiger partial charge >= 0.3 is 0 Å². The van der Waals surface area contributed by atoms with Gasteiger partial charge in [-0.2, -0.15) is 0 Å². The minimum Gasteiger partial charge on any atom is -0.446 e. The van der Waals surface area contributed by atoms with E-state index in [1.54, 1.807) is 43.1 Å². The molecule has 1 saturated carbocycles. The predicted octanol–water partition coefficient (Wildman–Crippen LogP) is 3.23. The van der Waals surface area contributed by atoms with Crippen molar-refractivity contribution in [3.63, 3.8) is 0 Å². The number of rotatable bonds is 8. The monoisotopic (exact) mass is 466 g/mol. The van der Waals surface area contributed by atoms with Crippen LogP contribution in [0.25, 0.3) is 0 Å². The van der Waals surface area contributed by atoms with E-state index in [1.165, 1.54) is 6.26 Å². The number of hydrogen-bond acceptors (Lipinski definition) is 6. The van der Waals surface area contributed by atoms with Gasteiger partial charge in [0.2, 0.25) is 23.5 Å². The Balaban J connectivity index is 1.61. The first-order valence-corrected chi connectivity index (χ1v) is 12.2. The van der Waals surface area contributed by atoms with Crippen LogP contribution in [0.4, 0.5) is 0 Å². The van der Waals surface area contributed by atoms with Crippen LogP contribution in [0.2, 0.25) is 0 Å². The third-order valence-electron chi connectivity index (χ3n) is 7.65. The molecule has 0 bridgehead atoms. The standard InChI is InChI=1S/C26H34N4O4/c1-26(28-2,25(27)33)21(17-10-5-3-6-11-17)24(32)30-15-9-14-20(30)23-29-19(16-34-23)22(31)18-12-7-4-8-13-18/h4,7-8,12-13,16-17,20-21,28H,3,5-6,9-11,14-15H2,1-2H3,(H2,27,33)/t20-,21+,26?/m0/s1. The van der Waals surface area contributed by atoms with Crippen molar-refractivity contribution in [2.24, 2.45) is 17.6 Å². The second-order valence-corrected chi connectivity index (χ2v) is 9.65. The molecule has 1 aromatic carbocycles. The number of likely N-dealkylation sites (N-methyl/N-ethyl adjacent to an activating group) is 1. The van der Waals surface area contributed by atoms with Gasteiger partial charge in [0.15, 0.2) is 0 Å². The van der Waals surface area contributed by atoms with E-state index in [9.17, 15) is 14.4 Å². The van der Waals surface area contributed by atoms with E-state index in [4.69, 9.17) is 10.2 Å². The molecule has 2 heterocycles. The Labute approximate surface area is 200 Å². The number of benzene rings is 1. The van der Waals surface area contributed by atoms with E-state index in [0.29, 0.717) is 24.4 Å². The van der Waals surface area contributed by atoms with Crippen LogP contribution in [-0.4, -0.2) is 46.6 Å². The van der Waals surface area contributed by atoms with Crippen molar-refractivity contribution in [2.45, 2.75) is 63.5 Å². The van der Waals surface area contributed by atoms with Crippen molar-refractivity contribution in [3.8, 4) is 0 Å². The number of likely N-dealkylation sites (tertiary alicyclic amines) is 1. The number of nitrogens with zero attached hydrogens (tertiary/aromatic N) is 2. The number of oxazole rings is 1. The zero-order valence-electron chi connectivity index (χ0n) is 20.0. The first kappa shape index (κ1) is 24.1. The Hall–Kier alpha value is -3.00. The molecular formula is C26H34N4O4. The van der Waals surface area contributed by atoms with Crippen molar-refractivity contribution < 1.29 is 18.8 Å². The van der Waals surface area contributed by atoms with Gasteiger partial charge in [-0.25, -0.2) is 4.98 Å². The second-order valence-electron chi connectivity index (χ2n) is 9.65. The topological polar surface area (TPSA) is 119 Å². The molecule has 0 spiro atoms. The lowest BCUT2D eigenvalue weighted by Crippen LogP contribution is -2.63. The Bertz CT molecular complexity index is 1030. The number of carbonyl (C=O) groups excluding carboxylic acids is 3. The number of primary amides is 1. The molecule has 2 fully saturated rings. The second kappa shape index (κ2) is 10.1. The summed E-state index contributed by atoms with van der Waals surface area (Å²) in [6.45, 7) is 2.29. The third-order valence-corrected chi connectivity index (χ3v) is 7.65. The highest BCUT2D eigenvalue weighted by Crippen LogP contribution is 2.41. The molecule has 8 heteroatoms. The molecule has 2 aromatic rings. The molecular weight excluding hydrogens is 432 g/mol. The lowest BCUT2D eigenvalue weighted by molar-refractivity contribution is -0.147. The summed E-state index contributed by atoms with van der Waals surface area (Å²) in [7, 11) is 1.69. The van der Waals surface area contributed by atoms with Crippen molar-refractivity contribution in [2.75, 3.05) is 13.6 Å². The summed E-state index contributed by atoms with van der Waals surface area (Å²) < 4.78 is 5.72. The van der Waals surface area contributed by atoms with Gasteiger partial charge in [0.25, 0.3) is 0 Å². The minimum atomic E-state index is -1.16. The quantitative estimate of drug-likeness (QED) is 0.577. The van der Waals surface area contributed by atoms with E-state index < -0.39 is 17.4 Å². The van der Waals surface area contributed by atoms with Crippen molar-refractivity contribution >= 4 is 17.6 Å². The highest BCUT2D eigenvalue weighted by atomic mass is 16.3. The lowest BCUT2D eigenvalue weighted by atomic mass is 9.69. The van der Waals surface area contributed by atoms with E-state index in [1.807, 2.05) is 6.07 Å². The molecule has 182 valence electrons. The van der Waals surface area contributed by atoms with Crippen LogP contribution >= 0.6 is 0 Å². The number of amides is 2. The zero-order chi connectivity index (χ0) is 24.3. The Morgan fingerprint density at radius 2 is 1.82 bits per heavy atom. The molecule has 2 aliphatic rings. The van der Waals surface area contributed by atoms with Crippen LogP contribution < -0.4 is 11.1 Å². The maximum atomic E-state index is 14.0. The van der Waals surface area contributed by atoms with Crippen molar-refractivity contribution in [1.29, 1.82) is 0 Å². The van der Waals surface area contributed by atoms with E-state index in [0.717, 1.165) is 38.5 Å². The summed E-state index contributed by atoms with van der Waals surface area (Å²) in [5, 5.41) is 3.07. The molecule has 4 rings (SSSR count). The molecule has 0 radical (unpaired) electrons. The van der Waals surface area contributed by atoms with Gasteiger partial charge in [0.05, 0.1) is 5.92 Å². The van der Waals surface area contributed by atoms with Gasteiger partial charge in [-0.3, -0.25) is 14.4 Å². The van der Waals surface area contributed by atoms with Crippen molar-refractivity contribution in [1.82, 2.24) is 15.2 Å². The summed E-state index contributed by atoms with van der Waals surface area (Å²) in [6.07, 6.45) is 7.88. The summed E-state index contributed by atoms with van der Waals surface area (Å²) in [6, 6.07) is 8.55. The summed E-state index contributed by atoms with van der Waals surface area (Å²) in [4.78, 5) is 45.6. The fraction of sp³-hybridized carbons (Fsp3) is 0.538. The first-order valence-electron chi connectivity index (χ1n) is 12.2. The van der Waals surface area contributed by atoms with Crippen LogP contribution in [-0.2, 0) is 9.59 Å². The van der Waals surface area contributed by atoms with Crippen LogP contribution in [0.15, 0.2) is 41.0 Å². The van der Waals surface area contributed by atoms with Gasteiger partial charge in [-0.05, 0) is 45.6 Å². The minimum absolute atomic E-state index is 0.0761. The number of hydrogen-bond donors (Lipinski definition) is 2. The molecule has 34 heavy (non-hydrogen) atoms. The molecule has 1 aromatic heterocycles. The first-order chi connectivity index (χ1) is 16.4. The maximum Gasteiger partial charge on any atom is 0.238 e. The molecule has 1 aliphatic heterocycles. The number of ketones is 1. The van der Waals surface area contributed by atoms with Crippen LogP contribution in [0.1, 0.15) is 79.9 Å². The average molecular weight is 467 g/mol. The fourth-order valence-corrected chi connectivity index (χ4v) is 5.57. The molecule has 1 unspecified atom stereocenters. The number of nitrogens with one attached hydrogen (secondary N) is 1.